The Morgan fingerprint density at radius 1 is 1.20 bits per heavy atom. The van der Waals surface area contributed by atoms with Gasteiger partial charge in [0.2, 0.25) is 15.9 Å². The van der Waals surface area contributed by atoms with Crippen molar-refractivity contribution in [3.8, 4) is 0 Å². The number of anilines is 1. The molecule has 0 bridgehead atoms. The van der Waals surface area contributed by atoms with E-state index >= 15 is 0 Å². The van der Waals surface area contributed by atoms with Crippen molar-refractivity contribution in [1.82, 2.24) is 4.31 Å². The Kier molecular flexibility index (Phi) is 7.36. The van der Waals surface area contributed by atoms with Crippen LogP contribution in [0.5, 0.6) is 0 Å². The van der Waals surface area contributed by atoms with Gasteiger partial charge in [0.05, 0.1) is 18.3 Å². The second kappa shape index (κ2) is 9.78. The van der Waals surface area contributed by atoms with Gasteiger partial charge in [0.15, 0.2) is 5.17 Å². The van der Waals surface area contributed by atoms with Gasteiger partial charge in [-0.25, -0.2) is 8.42 Å². The molecule has 0 saturated carbocycles. The first kappa shape index (κ1) is 22.6. The number of thioether (sulfide) groups is 1. The molecule has 1 atom stereocenters. The average Bonchev–Trinajstić information content (AvgIpc) is 3.14. The first-order valence-electron chi connectivity index (χ1n) is 9.25. The van der Waals surface area contributed by atoms with Crippen LogP contribution >= 0.6 is 23.4 Å². The van der Waals surface area contributed by atoms with Crippen LogP contribution in [0.2, 0.25) is 5.02 Å². The highest BCUT2D eigenvalue weighted by Gasteiger charge is 2.29. The third-order valence-corrected chi connectivity index (χ3v) is 7.26. The van der Waals surface area contributed by atoms with Crippen LogP contribution in [0.4, 0.5) is 5.69 Å². The minimum atomic E-state index is -3.77. The largest absolute Gasteiger partial charge is 0.273 e. The summed E-state index contributed by atoms with van der Waals surface area (Å²) in [7, 11) is -2.39. The normalized spacial score (nSPS) is 16.8. The Morgan fingerprint density at radius 2 is 1.87 bits per heavy atom. The molecule has 30 heavy (non-hydrogen) atoms. The zero-order valence-electron chi connectivity index (χ0n) is 16.6. The number of carbonyl (C=O) groups is 1. The first-order chi connectivity index (χ1) is 14.3. The molecule has 9 heteroatoms. The van der Waals surface area contributed by atoms with Crippen LogP contribution in [0.1, 0.15) is 12.5 Å². The number of nitrogens with zero attached hydrogens (tertiary/aromatic N) is 3. The van der Waals surface area contributed by atoms with E-state index in [1.165, 1.54) is 29.8 Å². The first-order valence-corrected chi connectivity index (χ1v) is 12.1. The van der Waals surface area contributed by atoms with Crippen molar-refractivity contribution >= 4 is 56.2 Å². The second-order valence-corrected chi connectivity index (χ2v) is 10.1. The van der Waals surface area contributed by atoms with Gasteiger partial charge in [0.1, 0.15) is 0 Å². The van der Waals surface area contributed by atoms with Crippen molar-refractivity contribution in [1.29, 1.82) is 0 Å². The summed E-state index contributed by atoms with van der Waals surface area (Å²) in [5, 5.41) is 2.21. The van der Waals surface area contributed by atoms with Gasteiger partial charge in [-0.2, -0.15) is 4.31 Å². The molecule has 0 aliphatic carbocycles. The quantitative estimate of drug-likeness (QED) is 0.646. The molecular formula is C21H22ClN3O3S2. The summed E-state index contributed by atoms with van der Waals surface area (Å²) in [6.07, 6.45) is 1.51. The lowest BCUT2D eigenvalue weighted by molar-refractivity contribution is -0.117. The van der Waals surface area contributed by atoms with Gasteiger partial charge < -0.3 is 0 Å². The molecule has 1 aliphatic heterocycles. The van der Waals surface area contributed by atoms with E-state index in [1.807, 2.05) is 25.1 Å². The molecule has 0 radical (unpaired) electrons. The fourth-order valence-electron chi connectivity index (χ4n) is 2.72. The van der Waals surface area contributed by atoms with Crippen LogP contribution in [0.25, 0.3) is 6.08 Å². The summed E-state index contributed by atoms with van der Waals surface area (Å²) in [5.74, 6) is 0.373. The maximum atomic E-state index is 13.1. The van der Waals surface area contributed by atoms with E-state index in [0.29, 0.717) is 15.9 Å². The number of likely N-dealkylation sites (N-methyl/N-ethyl adjacent to an activating group) is 1. The number of rotatable bonds is 6. The number of carbonyl (C=O) groups excluding carboxylic acids is 1. The van der Waals surface area contributed by atoms with Crippen LogP contribution in [-0.4, -0.2) is 49.2 Å². The molecule has 0 saturated heterocycles. The molecule has 0 N–H and O–H groups in total. The van der Waals surface area contributed by atoms with Crippen molar-refractivity contribution in [3.05, 3.63) is 70.6 Å². The van der Waals surface area contributed by atoms with E-state index in [1.54, 1.807) is 36.4 Å². The second-order valence-electron chi connectivity index (χ2n) is 6.79. The van der Waals surface area contributed by atoms with E-state index in [0.717, 1.165) is 21.0 Å². The number of amides is 1. The standard InChI is InChI=1S/C21H22ClN3O3S2/c1-16-15-29-21(23-16)25(19-10-8-18(22)9-11-19)20(26)14-24(2)30(27,28)13-12-17-6-4-3-5-7-17/h3-13,16H,14-15H2,1-2H3/b13-12+. The molecule has 2 aromatic rings. The fraction of sp³-hybridized carbons (Fsp3) is 0.238. The van der Waals surface area contributed by atoms with E-state index < -0.39 is 15.9 Å². The van der Waals surface area contributed by atoms with Crippen LogP contribution in [0.3, 0.4) is 0 Å². The molecule has 1 heterocycles. The van der Waals surface area contributed by atoms with Gasteiger partial charge in [-0.15, -0.1) is 0 Å². The van der Waals surface area contributed by atoms with Crippen LogP contribution in [0.15, 0.2) is 65.0 Å². The highest BCUT2D eigenvalue weighted by molar-refractivity contribution is 8.14. The lowest BCUT2D eigenvalue weighted by atomic mass is 10.2. The van der Waals surface area contributed by atoms with Gasteiger partial charge in [0.25, 0.3) is 0 Å². The lowest BCUT2D eigenvalue weighted by Gasteiger charge is -2.24. The predicted octanol–water partition coefficient (Wildman–Crippen LogP) is 4.10. The average molecular weight is 464 g/mol. The number of benzene rings is 2. The van der Waals surface area contributed by atoms with Gasteiger partial charge in [-0.1, -0.05) is 53.7 Å². The summed E-state index contributed by atoms with van der Waals surface area (Å²) >= 11 is 7.44. The molecule has 6 nitrogen and oxygen atoms in total. The lowest BCUT2D eigenvalue weighted by Crippen LogP contribution is -2.42. The van der Waals surface area contributed by atoms with Crippen molar-refractivity contribution < 1.29 is 13.2 Å². The molecule has 0 spiro atoms. The van der Waals surface area contributed by atoms with Crippen molar-refractivity contribution in [3.63, 3.8) is 0 Å². The Hall–Kier alpha value is -2.13. The predicted molar refractivity (Wildman–Crippen MR) is 125 cm³/mol. The van der Waals surface area contributed by atoms with Crippen LogP contribution in [-0.2, 0) is 14.8 Å². The van der Waals surface area contributed by atoms with E-state index in [-0.39, 0.29) is 12.6 Å². The third-order valence-electron chi connectivity index (χ3n) is 4.33. The number of hydrogen-bond donors (Lipinski definition) is 0. The molecule has 2 aromatic carbocycles. The summed E-state index contributed by atoms with van der Waals surface area (Å²) in [5.41, 5.74) is 1.35. The Balaban J connectivity index is 1.80. The minimum Gasteiger partial charge on any atom is -0.273 e. The zero-order chi connectivity index (χ0) is 21.7. The molecule has 0 aromatic heterocycles. The van der Waals surface area contributed by atoms with Crippen LogP contribution < -0.4 is 4.90 Å². The van der Waals surface area contributed by atoms with Gasteiger partial charge in [0, 0.05) is 23.2 Å². The van der Waals surface area contributed by atoms with Crippen molar-refractivity contribution in [2.24, 2.45) is 4.99 Å². The highest BCUT2D eigenvalue weighted by Crippen LogP contribution is 2.27. The van der Waals surface area contributed by atoms with Crippen molar-refractivity contribution in [2.45, 2.75) is 13.0 Å². The maximum Gasteiger partial charge on any atom is 0.248 e. The van der Waals surface area contributed by atoms with E-state index in [4.69, 9.17) is 11.6 Å². The summed E-state index contributed by atoms with van der Waals surface area (Å²) in [6.45, 7) is 1.65. The Labute approximate surface area is 186 Å². The SMILES string of the molecule is CC1CSC(N(C(=O)CN(C)S(=O)(=O)/C=C/c2ccccc2)c2ccc(Cl)cc2)=N1. The third kappa shape index (κ3) is 5.72. The fourth-order valence-corrected chi connectivity index (χ4v) is 4.72. The number of sulfonamides is 1. The maximum absolute atomic E-state index is 13.1. The minimum absolute atomic E-state index is 0.0860. The molecular weight excluding hydrogens is 442 g/mol. The Bertz CT molecular complexity index is 1050. The van der Waals surface area contributed by atoms with E-state index in [9.17, 15) is 13.2 Å². The van der Waals surface area contributed by atoms with Gasteiger partial charge >= 0.3 is 0 Å². The van der Waals surface area contributed by atoms with Crippen molar-refractivity contribution in [2.75, 3.05) is 24.2 Å². The summed E-state index contributed by atoms with van der Waals surface area (Å²) in [6, 6.07) is 16.0. The summed E-state index contributed by atoms with van der Waals surface area (Å²) < 4.78 is 26.3. The molecule has 158 valence electrons. The number of halogens is 1. The molecule has 3 rings (SSSR count). The van der Waals surface area contributed by atoms with Gasteiger partial charge in [-0.3, -0.25) is 14.7 Å². The molecule has 1 aliphatic rings. The number of amidine groups is 1. The van der Waals surface area contributed by atoms with Crippen LogP contribution in [0, 0.1) is 0 Å². The Morgan fingerprint density at radius 3 is 2.47 bits per heavy atom. The van der Waals surface area contributed by atoms with E-state index in [2.05, 4.69) is 4.99 Å². The number of aliphatic imine (C=N–C) groups is 1. The monoisotopic (exact) mass is 463 g/mol. The molecule has 1 unspecified atom stereocenters. The zero-order valence-corrected chi connectivity index (χ0v) is 19.0. The summed E-state index contributed by atoms with van der Waals surface area (Å²) in [4.78, 5) is 19.1. The molecule has 1 amide bonds. The molecule has 0 fully saturated rings. The number of hydrogen-bond acceptors (Lipinski definition) is 5. The highest BCUT2D eigenvalue weighted by atomic mass is 35.5. The van der Waals surface area contributed by atoms with Gasteiger partial charge in [-0.05, 0) is 42.8 Å². The topological polar surface area (TPSA) is 70.1 Å². The smallest absolute Gasteiger partial charge is 0.248 e.